The number of hydrogen-bond donors (Lipinski definition) is 4. The summed E-state index contributed by atoms with van der Waals surface area (Å²) in [7, 11) is 0. The van der Waals surface area contributed by atoms with Gasteiger partial charge in [0.2, 0.25) is 5.12 Å². The minimum atomic E-state index is -2.27. The second-order valence-electron chi connectivity index (χ2n) is 2.42. The van der Waals surface area contributed by atoms with Crippen molar-refractivity contribution < 1.29 is 15.0 Å². The molecule has 5 heteroatoms. The fourth-order valence-corrected chi connectivity index (χ4v) is 1.54. The van der Waals surface area contributed by atoms with Crippen molar-refractivity contribution >= 4 is 31.0 Å². The fraction of sp³-hybridized carbons (Fsp3) is 0.286. The van der Waals surface area contributed by atoms with Gasteiger partial charge in [0.1, 0.15) is 0 Å². The van der Waals surface area contributed by atoms with Crippen LogP contribution in [0.4, 0.5) is 0 Å². The summed E-state index contributed by atoms with van der Waals surface area (Å²) >= 11 is 7.41. The molecule has 0 radical (unpaired) electrons. The summed E-state index contributed by atoms with van der Waals surface area (Å²) in [5, 5.41) is 15.0. The first-order chi connectivity index (χ1) is 5.43. The lowest BCUT2D eigenvalue weighted by molar-refractivity contribution is -0.115. The molecule has 0 saturated carbocycles. The van der Waals surface area contributed by atoms with Gasteiger partial charge in [-0.15, -0.1) is 12.6 Å². The normalized spacial score (nSPS) is 24.2. The van der Waals surface area contributed by atoms with E-state index < -0.39 is 10.4 Å². The molecule has 0 aromatic rings. The first kappa shape index (κ1) is 9.85. The van der Waals surface area contributed by atoms with Gasteiger partial charge in [0.15, 0.2) is 5.78 Å². The molecule has 3 nitrogen and oxygen atoms in total. The van der Waals surface area contributed by atoms with Gasteiger partial charge in [-0.25, -0.2) is 0 Å². The number of carbonyl (C=O) groups is 1. The molecule has 66 valence electrons. The second kappa shape index (κ2) is 3.26. The van der Waals surface area contributed by atoms with E-state index in [0.29, 0.717) is 0 Å². The molecule has 2 N–H and O–H groups in total. The van der Waals surface area contributed by atoms with Gasteiger partial charge in [-0.05, 0) is 6.08 Å². The van der Waals surface area contributed by atoms with Crippen molar-refractivity contribution in [3.63, 3.8) is 0 Å². The summed E-state index contributed by atoms with van der Waals surface area (Å²) in [4.78, 5) is 11.0. The van der Waals surface area contributed by atoms with Gasteiger partial charge < -0.3 is 10.2 Å². The summed E-state index contributed by atoms with van der Waals surface area (Å²) < 4.78 is 0. The van der Waals surface area contributed by atoms with Crippen molar-refractivity contribution in [1.29, 1.82) is 0 Å². The third-order valence-electron chi connectivity index (χ3n) is 1.49. The van der Waals surface area contributed by atoms with Crippen LogP contribution in [0.3, 0.4) is 0 Å². The van der Waals surface area contributed by atoms with E-state index >= 15 is 0 Å². The smallest absolute Gasteiger partial charge is 0.235 e. The van der Waals surface area contributed by atoms with Gasteiger partial charge in [-0.2, -0.15) is 12.6 Å². The SMILES string of the molecule is O=C1C=CC=C(C(O)(O)S)[C@H]1S. The Morgan fingerprint density at radius 2 is 2.08 bits per heavy atom. The van der Waals surface area contributed by atoms with Crippen LogP contribution in [-0.2, 0) is 4.79 Å². The highest BCUT2D eigenvalue weighted by molar-refractivity contribution is 7.83. The average molecular weight is 204 g/mol. The Morgan fingerprint density at radius 1 is 1.50 bits per heavy atom. The van der Waals surface area contributed by atoms with E-state index in [-0.39, 0.29) is 11.4 Å². The Morgan fingerprint density at radius 3 is 2.50 bits per heavy atom. The lowest BCUT2D eigenvalue weighted by Crippen LogP contribution is -2.33. The van der Waals surface area contributed by atoms with Crippen molar-refractivity contribution in [3.8, 4) is 0 Å². The Labute approximate surface area is 80.6 Å². The highest BCUT2D eigenvalue weighted by atomic mass is 32.1. The van der Waals surface area contributed by atoms with Crippen LogP contribution in [0.1, 0.15) is 0 Å². The van der Waals surface area contributed by atoms with Crippen LogP contribution in [0, 0.1) is 0 Å². The van der Waals surface area contributed by atoms with Gasteiger partial charge in [-0.1, -0.05) is 12.2 Å². The Kier molecular flexibility index (Phi) is 2.67. The maximum atomic E-state index is 11.0. The molecule has 1 rings (SSSR count). The molecule has 0 bridgehead atoms. The van der Waals surface area contributed by atoms with E-state index in [1.807, 2.05) is 0 Å². The van der Waals surface area contributed by atoms with Crippen molar-refractivity contribution in [1.82, 2.24) is 0 Å². The van der Waals surface area contributed by atoms with Crippen molar-refractivity contribution in [2.24, 2.45) is 0 Å². The summed E-state index contributed by atoms with van der Waals surface area (Å²) in [6.45, 7) is 0. The molecule has 1 aliphatic carbocycles. The van der Waals surface area contributed by atoms with E-state index in [0.717, 1.165) is 0 Å². The molecule has 0 unspecified atom stereocenters. The molecule has 1 atom stereocenters. The topological polar surface area (TPSA) is 57.5 Å². The Hall–Kier alpha value is -0.230. The van der Waals surface area contributed by atoms with Crippen LogP contribution < -0.4 is 0 Å². The van der Waals surface area contributed by atoms with Gasteiger partial charge in [0.05, 0.1) is 5.25 Å². The van der Waals surface area contributed by atoms with Gasteiger partial charge in [0.25, 0.3) is 0 Å². The molecule has 0 aliphatic heterocycles. The molecule has 12 heavy (non-hydrogen) atoms. The van der Waals surface area contributed by atoms with Crippen molar-refractivity contribution in [2.45, 2.75) is 10.4 Å². The molecule has 0 amide bonds. The fourth-order valence-electron chi connectivity index (χ4n) is 0.877. The number of allylic oxidation sites excluding steroid dienone is 3. The van der Waals surface area contributed by atoms with Crippen molar-refractivity contribution in [3.05, 3.63) is 23.8 Å². The zero-order chi connectivity index (χ0) is 9.35. The lowest BCUT2D eigenvalue weighted by atomic mass is 10.0. The first-order valence-electron chi connectivity index (χ1n) is 3.20. The molecule has 1 aliphatic rings. The summed E-state index contributed by atoms with van der Waals surface area (Å²) in [6.07, 6.45) is 4.16. The molecular formula is C7H8O3S2. The Bertz CT molecular complexity index is 262. The number of ketones is 1. The maximum absolute atomic E-state index is 11.0. The highest BCUT2D eigenvalue weighted by Gasteiger charge is 2.32. The van der Waals surface area contributed by atoms with Gasteiger partial charge in [-0.3, -0.25) is 4.79 Å². The first-order valence-corrected chi connectivity index (χ1v) is 4.17. The van der Waals surface area contributed by atoms with Gasteiger partial charge >= 0.3 is 0 Å². The predicted octanol–water partition coefficient (Wildman–Crippen LogP) is -0.0817. The summed E-state index contributed by atoms with van der Waals surface area (Å²) in [5.74, 6) is -0.280. The third kappa shape index (κ3) is 1.92. The minimum Gasteiger partial charge on any atom is -0.354 e. The quantitative estimate of drug-likeness (QED) is 0.357. The predicted molar refractivity (Wildman–Crippen MR) is 51.2 cm³/mol. The molecule has 0 heterocycles. The van der Waals surface area contributed by atoms with E-state index in [9.17, 15) is 4.79 Å². The Balaban J connectivity index is 2.98. The molecule has 0 aromatic heterocycles. The highest BCUT2D eigenvalue weighted by Crippen LogP contribution is 2.27. The third-order valence-corrected chi connectivity index (χ3v) is 2.28. The number of hydrogen-bond acceptors (Lipinski definition) is 5. The van der Waals surface area contributed by atoms with Crippen LogP contribution >= 0.6 is 25.3 Å². The van der Waals surface area contributed by atoms with E-state index in [2.05, 4.69) is 25.3 Å². The zero-order valence-corrected chi connectivity index (χ0v) is 7.80. The molecular weight excluding hydrogens is 196 g/mol. The van der Waals surface area contributed by atoms with Crippen LogP contribution in [0.15, 0.2) is 23.8 Å². The molecule has 0 aromatic carbocycles. The lowest BCUT2D eigenvalue weighted by Gasteiger charge is -2.23. The number of aliphatic hydroxyl groups is 2. The van der Waals surface area contributed by atoms with Gasteiger partial charge in [0, 0.05) is 5.57 Å². The van der Waals surface area contributed by atoms with Crippen LogP contribution in [0.25, 0.3) is 0 Å². The zero-order valence-electron chi connectivity index (χ0n) is 6.01. The molecule has 0 spiro atoms. The number of rotatable bonds is 1. The standard InChI is InChI=1S/C7H8O3S2/c8-5-3-1-2-4(6(5)11)7(9,10)12/h1-3,6,9-12H/t6-/m1/s1. The van der Waals surface area contributed by atoms with E-state index in [1.54, 1.807) is 0 Å². The average Bonchev–Trinajstić information content (AvgIpc) is 1.92. The van der Waals surface area contributed by atoms with Crippen LogP contribution in [0.5, 0.6) is 0 Å². The summed E-state index contributed by atoms with van der Waals surface area (Å²) in [6, 6.07) is 0. The van der Waals surface area contributed by atoms with E-state index in [4.69, 9.17) is 10.2 Å². The number of carbonyl (C=O) groups excluding carboxylic acids is 1. The maximum Gasteiger partial charge on any atom is 0.235 e. The van der Waals surface area contributed by atoms with Crippen LogP contribution in [-0.4, -0.2) is 26.4 Å². The summed E-state index contributed by atoms with van der Waals surface area (Å²) in [5.41, 5.74) is 0.0710. The largest absolute Gasteiger partial charge is 0.354 e. The molecule has 0 saturated heterocycles. The monoisotopic (exact) mass is 204 g/mol. The number of thiol groups is 2. The molecule has 0 fully saturated rings. The second-order valence-corrected chi connectivity index (χ2v) is 3.56. The van der Waals surface area contributed by atoms with Crippen molar-refractivity contribution in [2.75, 3.05) is 0 Å². The van der Waals surface area contributed by atoms with E-state index in [1.165, 1.54) is 18.2 Å². The van der Waals surface area contributed by atoms with Crippen LogP contribution in [0.2, 0.25) is 0 Å². The minimum absolute atomic E-state index is 0.0710.